The number of pyridine rings is 1. The van der Waals surface area contributed by atoms with E-state index in [2.05, 4.69) is 4.98 Å². The molecule has 0 saturated carbocycles. The van der Waals surface area contributed by atoms with Crippen molar-refractivity contribution in [2.75, 3.05) is 0 Å². The van der Waals surface area contributed by atoms with Crippen molar-refractivity contribution < 1.29 is 28.3 Å². The van der Waals surface area contributed by atoms with E-state index >= 15 is 0 Å². The molecule has 0 unspecified atom stereocenters. The van der Waals surface area contributed by atoms with Crippen LogP contribution in [-0.2, 0) is 13.2 Å². The van der Waals surface area contributed by atoms with Crippen LogP contribution in [0.25, 0.3) is 22.5 Å². The smallest absolute Gasteiger partial charge is 0.434 e. The van der Waals surface area contributed by atoms with Crippen LogP contribution in [0.2, 0.25) is 0 Å². The highest BCUT2D eigenvalue weighted by atomic mass is 19.4. The van der Waals surface area contributed by atoms with Crippen molar-refractivity contribution in [1.29, 1.82) is 0 Å². The number of hydrogen-bond acceptors (Lipinski definition) is 5. The molecular weight excluding hydrogens is 367 g/mol. The molecule has 10 heteroatoms. The zero-order valence-corrected chi connectivity index (χ0v) is 13.7. The maximum Gasteiger partial charge on any atom is 0.434 e. The molecule has 0 atom stereocenters. The van der Waals surface area contributed by atoms with Crippen LogP contribution in [0.4, 0.5) is 18.9 Å². The van der Waals surface area contributed by atoms with Crippen molar-refractivity contribution in [2.45, 2.75) is 6.18 Å². The van der Waals surface area contributed by atoms with E-state index in [1.54, 1.807) is 0 Å². The van der Waals surface area contributed by atoms with Crippen molar-refractivity contribution in [3.8, 4) is 34.0 Å². The van der Waals surface area contributed by atoms with Crippen molar-refractivity contribution in [3.05, 3.63) is 58.4 Å². The first-order valence-electron chi connectivity index (χ1n) is 7.50. The molecule has 3 rings (SSSR count). The number of halogens is 3. The first-order valence-corrected chi connectivity index (χ1v) is 7.50. The van der Waals surface area contributed by atoms with Crippen LogP contribution in [0.3, 0.4) is 0 Å². The summed E-state index contributed by atoms with van der Waals surface area (Å²) in [5, 5.41) is 30.3. The number of nitro benzene ring substituents is 1. The molecule has 0 fully saturated rings. The van der Waals surface area contributed by atoms with Crippen LogP contribution in [0.15, 0.2) is 42.6 Å². The van der Waals surface area contributed by atoms with Crippen molar-refractivity contribution in [2.24, 2.45) is 7.05 Å². The van der Waals surface area contributed by atoms with E-state index in [0.717, 1.165) is 18.3 Å². The molecule has 3 aromatic rings. The van der Waals surface area contributed by atoms with Gasteiger partial charge >= 0.3 is 11.9 Å². The highest BCUT2D eigenvalue weighted by Crippen LogP contribution is 2.41. The lowest BCUT2D eigenvalue weighted by molar-refractivity contribution is -0.385. The normalized spacial score (nSPS) is 11.6. The Kier molecular flexibility index (Phi) is 4.26. The molecule has 27 heavy (non-hydrogen) atoms. The Balaban J connectivity index is 2.18. The van der Waals surface area contributed by atoms with Gasteiger partial charge in [0.05, 0.1) is 10.6 Å². The lowest BCUT2D eigenvalue weighted by atomic mass is 10.1. The lowest BCUT2D eigenvalue weighted by Crippen LogP contribution is -2.10. The van der Waals surface area contributed by atoms with Gasteiger partial charge in [-0.25, -0.2) is 0 Å². The molecule has 0 spiro atoms. The van der Waals surface area contributed by atoms with Crippen LogP contribution in [0.5, 0.6) is 11.5 Å². The summed E-state index contributed by atoms with van der Waals surface area (Å²) in [5.41, 5.74) is -1.29. The highest BCUT2D eigenvalue weighted by molar-refractivity contribution is 5.75. The average Bonchev–Trinajstić information content (AvgIpc) is 2.97. The summed E-state index contributed by atoms with van der Waals surface area (Å²) < 4.78 is 41.1. The summed E-state index contributed by atoms with van der Waals surface area (Å²) in [6.45, 7) is 0. The van der Waals surface area contributed by atoms with E-state index in [9.17, 15) is 33.5 Å². The summed E-state index contributed by atoms with van der Waals surface area (Å²) in [6.07, 6.45) is -3.62. The van der Waals surface area contributed by atoms with Crippen molar-refractivity contribution in [1.82, 2.24) is 9.55 Å². The molecule has 140 valence electrons. The Morgan fingerprint density at radius 1 is 1.15 bits per heavy atom. The Morgan fingerprint density at radius 3 is 2.44 bits per heavy atom. The maximum atomic E-state index is 13.2. The predicted molar refractivity (Wildman–Crippen MR) is 89.1 cm³/mol. The monoisotopic (exact) mass is 379 g/mol. The van der Waals surface area contributed by atoms with Gasteiger partial charge < -0.3 is 14.8 Å². The number of hydrogen-bond donors (Lipinski definition) is 2. The van der Waals surface area contributed by atoms with E-state index in [1.165, 1.54) is 35.9 Å². The van der Waals surface area contributed by atoms with Crippen molar-refractivity contribution in [3.63, 3.8) is 0 Å². The average molecular weight is 379 g/mol. The molecule has 1 aromatic carbocycles. The predicted octanol–water partition coefficient (Wildman–Crippen LogP) is 4.09. The topological polar surface area (TPSA) is 101 Å². The molecular formula is C17H12F3N3O4. The second-order valence-electron chi connectivity index (χ2n) is 5.68. The fraction of sp³-hybridized carbons (Fsp3) is 0.118. The van der Waals surface area contributed by atoms with Gasteiger partial charge in [0.25, 0.3) is 0 Å². The third kappa shape index (κ3) is 3.16. The number of alkyl halides is 3. The third-order valence-electron chi connectivity index (χ3n) is 4.04. The van der Waals surface area contributed by atoms with Crippen molar-refractivity contribution >= 4 is 5.69 Å². The molecule has 7 nitrogen and oxygen atoms in total. The van der Waals surface area contributed by atoms with Crippen LogP contribution < -0.4 is 0 Å². The fourth-order valence-electron chi connectivity index (χ4n) is 2.80. The quantitative estimate of drug-likeness (QED) is 0.405. The highest BCUT2D eigenvalue weighted by Gasteiger charge is 2.36. The minimum atomic E-state index is -4.66. The molecule has 2 N–H and O–H groups in total. The zero-order valence-electron chi connectivity index (χ0n) is 13.7. The van der Waals surface area contributed by atoms with Gasteiger partial charge in [-0.2, -0.15) is 13.2 Å². The van der Waals surface area contributed by atoms with Crippen LogP contribution in [-0.4, -0.2) is 24.7 Å². The number of phenolic OH excluding ortho intramolecular Hbond substituents is 2. The Bertz CT molecular complexity index is 1040. The van der Waals surface area contributed by atoms with Gasteiger partial charge in [-0.1, -0.05) is 0 Å². The molecule has 0 aliphatic heterocycles. The number of phenols is 2. The Labute approximate surface area is 150 Å². The van der Waals surface area contributed by atoms with Gasteiger partial charge in [0, 0.05) is 36.1 Å². The molecule has 0 saturated heterocycles. The third-order valence-corrected chi connectivity index (χ3v) is 4.04. The molecule has 2 heterocycles. The van der Waals surface area contributed by atoms with Crippen LogP contribution >= 0.6 is 0 Å². The second kappa shape index (κ2) is 6.31. The maximum absolute atomic E-state index is 13.2. The lowest BCUT2D eigenvalue weighted by Gasteiger charge is -2.13. The van der Waals surface area contributed by atoms with E-state index in [1.807, 2.05) is 0 Å². The largest absolute Gasteiger partial charge is 0.504 e. The van der Waals surface area contributed by atoms with Gasteiger partial charge in [0.15, 0.2) is 11.4 Å². The van der Waals surface area contributed by atoms with Gasteiger partial charge in [0.1, 0.15) is 0 Å². The van der Waals surface area contributed by atoms with Crippen LogP contribution in [0.1, 0.15) is 5.69 Å². The first kappa shape index (κ1) is 18.2. The number of nitro groups is 1. The van der Waals surface area contributed by atoms with Gasteiger partial charge in [0.2, 0.25) is 5.75 Å². The van der Waals surface area contributed by atoms with Gasteiger partial charge in [-0.05, 0) is 30.3 Å². The van der Waals surface area contributed by atoms with E-state index < -0.39 is 34.0 Å². The number of benzene rings is 1. The number of nitrogens with zero attached hydrogens (tertiary/aromatic N) is 3. The molecule has 2 aromatic heterocycles. The number of aromatic hydroxyl groups is 2. The van der Waals surface area contributed by atoms with Gasteiger partial charge in [-0.3, -0.25) is 15.1 Å². The molecule has 0 amide bonds. The molecule has 0 bridgehead atoms. The number of aromatic nitrogens is 2. The van der Waals surface area contributed by atoms with Crippen LogP contribution in [0, 0.1) is 10.1 Å². The molecule has 0 aliphatic carbocycles. The minimum absolute atomic E-state index is 0.156. The summed E-state index contributed by atoms with van der Waals surface area (Å²) in [6, 6.07) is 7.63. The van der Waals surface area contributed by atoms with E-state index in [4.69, 9.17) is 0 Å². The Hall–Kier alpha value is -3.56. The second-order valence-corrected chi connectivity index (χ2v) is 5.68. The fourth-order valence-corrected chi connectivity index (χ4v) is 2.80. The summed E-state index contributed by atoms with van der Waals surface area (Å²) in [7, 11) is 1.48. The van der Waals surface area contributed by atoms with Gasteiger partial charge in [-0.15, -0.1) is 0 Å². The van der Waals surface area contributed by atoms with E-state index in [0.29, 0.717) is 5.69 Å². The Morgan fingerprint density at radius 2 is 1.81 bits per heavy atom. The molecule has 0 radical (unpaired) electrons. The molecule has 0 aliphatic rings. The van der Waals surface area contributed by atoms with E-state index in [-0.39, 0.29) is 16.8 Å². The first-order chi connectivity index (χ1) is 12.6. The summed E-state index contributed by atoms with van der Waals surface area (Å²) in [5.74, 6) is -1.59. The SMILES string of the molecule is Cn1c(-c2cc(O)c(O)c([N+](=O)[O-])c2)ccc1-c1cccnc1C(F)(F)F. The summed E-state index contributed by atoms with van der Waals surface area (Å²) >= 11 is 0. The summed E-state index contributed by atoms with van der Waals surface area (Å²) in [4.78, 5) is 13.6. The number of rotatable bonds is 3. The zero-order chi connectivity index (χ0) is 19.9. The minimum Gasteiger partial charge on any atom is -0.504 e. The standard InChI is InChI=1S/C17H12F3N3O4/c1-22-11(9-7-13(23(26)27)15(25)14(24)8-9)4-5-12(22)10-3-2-6-21-16(10)17(18,19)20/h2-8,24-25H,1H3.